The number of aromatic nitrogens is 1. The molecule has 0 bridgehead atoms. The van der Waals surface area contributed by atoms with Crippen molar-refractivity contribution in [2.75, 3.05) is 13.1 Å². The zero-order valence-electron chi connectivity index (χ0n) is 10.2. The summed E-state index contributed by atoms with van der Waals surface area (Å²) in [5.74, 6) is -0.142. The molecule has 0 spiro atoms. The maximum Gasteiger partial charge on any atom is 0.373 e. The minimum absolute atomic E-state index is 0.0283. The Kier molecular flexibility index (Phi) is 3.47. The van der Waals surface area contributed by atoms with Crippen LogP contribution in [0, 0.1) is 0 Å². The molecular weight excluding hydrogens is 220 g/mol. The monoisotopic (exact) mass is 238 g/mol. The number of oxazole rings is 1. The maximum atomic E-state index is 11.2. The molecular formula is C12H18N2O3. The van der Waals surface area contributed by atoms with Gasteiger partial charge < -0.3 is 14.8 Å². The molecule has 1 aliphatic rings. The molecule has 0 amide bonds. The van der Waals surface area contributed by atoms with Crippen molar-refractivity contribution in [1.82, 2.24) is 10.3 Å². The summed E-state index contributed by atoms with van der Waals surface area (Å²) in [7, 11) is 0. The van der Waals surface area contributed by atoms with Gasteiger partial charge in [0.05, 0.1) is 5.69 Å². The van der Waals surface area contributed by atoms with Crippen LogP contribution in [0.25, 0.3) is 0 Å². The summed E-state index contributed by atoms with van der Waals surface area (Å²) in [6.07, 6.45) is 1.84. The van der Waals surface area contributed by atoms with Crippen molar-refractivity contribution in [1.29, 1.82) is 0 Å². The number of hydrogen-bond donors (Lipinski definition) is 2. The van der Waals surface area contributed by atoms with Gasteiger partial charge in [0.15, 0.2) is 5.89 Å². The van der Waals surface area contributed by atoms with Gasteiger partial charge in [-0.3, -0.25) is 0 Å². The first-order valence-electron chi connectivity index (χ1n) is 6.04. The van der Waals surface area contributed by atoms with Gasteiger partial charge >= 0.3 is 5.97 Å². The van der Waals surface area contributed by atoms with Gasteiger partial charge in [0, 0.05) is 11.8 Å². The van der Waals surface area contributed by atoms with E-state index in [1.807, 2.05) is 13.8 Å². The van der Waals surface area contributed by atoms with Gasteiger partial charge in [0.2, 0.25) is 5.76 Å². The Bertz CT molecular complexity index is 406. The average molecular weight is 238 g/mol. The third-order valence-corrected chi connectivity index (χ3v) is 3.08. The molecule has 17 heavy (non-hydrogen) atoms. The molecule has 1 fully saturated rings. The number of nitrogens with zero attached hydrogens (tertiary/aromatic N) is 1. The van der Waals surface area contributed by atoms with Crippen molar-refractivity contribution in [3.05, 3.63) is 17.3 Å². The summed E-state index contributed by atoms with van der Waals surface area (Å²) in [6.45, 7) is 5.72. The second-order valence-electron chi connectivity index (χ2n) is 4.75. The first-order chi connectivity index (χ1) is 8.09. The van der Waals surface area contributed by atoms with E-state index in [-0.39, 0.29) is 17.6 Å². The van der Waals surface area contributed by atoms with Crippen molar-refractivity contribution >= 4 is 5.97 Å². The summed E-state index contributed by atoms with van der Waals surface area (Å²) < 4.78 is 5.36. The number of nitrogens with one attached hydrogen (secondary N) is 1. The minimum atomic E-state index is -1.02. The molecule has 5 heteroatoms. The summed E-state index contributed by atoms with van der Waals surface area (Å²) in [6, 6.07) is 0. The second-order valence-corrected chi connectivity index (χ2v) is 4.75. The van der Waals surface area contributed by atoms with Crippen LogP contribution in [-0.2, 0) is 0 Å². The van der Waals surface area contributed by atoms with Crippen molar-refractivity contribution < 1.29 is 14.3 Å². The van der Waals surface area contributed by atoms with E-state index in [9.17, 15) is 4.79 Å². The molecule has 1 aliphatic heterocycles. The average Bonchev–Trinajstić information content (AvgIpc) is 2.75. The smallest absolute Gasteiger partial charge is 0.373 e. The van der Waals surface area contributed by atoms with E-state index in [1.54, 1.807) is 0 Å². The summed E-state index contributed by atoms with van der Waals surface area (Å²) >= 11 is 0. The fourth-order valence-electron chi connectivity index (χ4n) is 2.12. The third-order valence-electron chi connectivity index (χ3n) is 3.08. The Morgan fingerprint density at radius 3 is 2.65 bits per heavy atom. The molecule has 94 valence electrons. The quantitative estimate of drug-likeness (QED) is 0.842. The highest BCUT2D eigenvalue weighted by molar-refractivity contribution is 5.85. The molecule has 0 aromatic carbocycles. The molecule has 0 unspecified atom stereocenters. The van der Waals surface area contributed by atoms with Crippen LogP contribution >= 0.6 is 0 Å². The lowest BCUT2D eigenvalue weighted by Crippen LogP contribution is -2.27. The number of carboxylic acid groups (broad SMARTS) is 1. The van der Waals surface area contributed by atoms with Crippen LogP contribution < -0.4 is 5.32 Å². The summed E-state index contributed by atoms with van der Waals surface area (Å²) in [5.41, 5.74) is 0.628. The van der Waals surface area contributed by atoms with E-state index in [0.29, 0.717) is 11.6 Å². The zero-order valence-corrected chi connectivity index (χ0v) is 10.2. The normalized spacial score (nSPS) is 17.6. The second kappa shape index (κ2) is 4.87. The maximum absolute atomic E-state index is 11.2. The van der Waals surface area contributed by atoms with Gasteiger partial charge in [-0.05, 0) is 25.9 Å². The van der Waals surface area contributed by atoms with Crippen molar-refractivity contribution in [3.63, 3.8) is 0 Å². The molecule has 1 aromatic rings. The lowest BCUT2D eigenvalue weighted by Gasteiger charge is -2.20. The van der Waals surface area contributed by atoms with Crippen molar-refractivity contribution in [2.45, 2.75) is 38.5 Å². The van der Waals surface area contributed by atoms with E-state index < -0.39 is 5.97 Å². The van der Waals surface area contributed by atoms with Crippen LogP contribution in [0.5, 0.6) is 0 Å². The highest BCUT2D eigenvalue weighted by atomic mass is 16.4. The number of hydrogen-bond acceptors (Lipinski definition) is 4. The van der Waals surface area contributed by atoms with E-state index in [4.69, 9.17) is 9.52 Å². The van der Waals surface area contributed by atoms with Gasteiger partial charge in [-0.1, -0.05) is 13.8 Å². The van der Waals surface area contributed by atoms with Crippen molar-refractivity contribution in [2.24, 2.45) is 0 Å². The van der Waals surface area contributed by atoms with Gasteiger partial charge in [0.25, 0.3) is 0 Å². The molecule has 0 aliphatic carbocycles. The highest BCUT2D eigenvalue weighted by Crippen LogP contribution is 2.30. The van der Waals surface area contributed by atoms with Gasteiger partial charge in [-0.2, -0.15) is 0 Å². The van der Waals surface area contributed by atoms with Crippen LogP contribution in [0.4, 0.5) is 0 Å². The fraction of sp³-hybridized carbons (Fsp3) is 0.667. The van der Waals surface area contributed by atoms with Gasteiger partial charge in [-0.25, -0.2) is 9.78 Å². The van der Waals surface area contributed by atoms with Crippen LogP contribution in [0.1, 0.15) is 60.7 Å². The largest absolute Gasteiger partial charge is 0.475 e. The van der Waals surface area contributed by atoms with E-state index in [0.717, 1.165) is 25.9 Å². The first-order valence-corrected chi connectivity index (χ1v) is 6.04. The van der Waals surface area contributed by atoms with Crippen molar-refractivity contribution in [3.8, 4) is 0 Å². The number of aromatic carboxylic acids is 1. The zero-order chi connectivity index (χ0) is 12.4. The van der Waals surface area contributed by atoms with Crippen LogP contribution in [0.2, 0.25) is 0 Å². The lowest BCUT2D eigenvalue weighted by atomic mass is 9.93. The Balaban J connectivity index is 2.32. The van der Waals surface area contributed by atoms with E-state index in [2.05, 4.69) is 10.3 Å². The topological polar surface area (TPSA) is 75.4 Å². The first kappa shape index (κ1) is 12.1. The van der Waals surface area contributed by atoms with E-state index in [1.165, 1.54) is 0 Å². The number of piperidine rings is 1. The standard InChI is InChI=1S/C12H18N2O3/c1-7(2)11-14-9(10(17-11)12(15)16)8-3-5-13-6-4-8/h7-8,13H,3-6H2,1-2H3,(H,15,16). The molecule has 5 nitrogen and oxygen atoms in total. The van der Waals surface area contributed by atoms with Gasteiger partial charge in [0.1, 0.15) is 0 Å². The third kappa shape index (κ3) is 2.49. The minimum Gasteiger partial charge on any atom is -0.475 e. The Morgan fingerprint density at radius 2 is 2.12 bits per heavy atom. The van der Waals surface area contributed by atoms with Crippen LogP contribution in [0.3, 0.4) is 0 Å². The lowest BCUT2D eigenvalue weighted by molar-refractivity contribution is 0.0657. The van der Waals surface area contributed by atoms with E-state index >= 15 is 0 Å². The van der Waals surface area contributed by atoms with Crippen LogP contribution in [-0.4, -0.2) is 29.1 Å². The highest BCUT2D eigenvalue weighted by Gasteiger charge is 2.28. The molecule has 0 saturated carbocycles. The predicted molar refractivity (Wildman–Crippen MR) is 62.4 cm³/mol. The molecule has 2 heterocycles. The summed E-state index contributed by atoms with van der Waals surface area (Å²) in [5, 5.41) is 12.4. The number of rotatable bonds is 3. The fourth-order valence-corrected chi connectivity index (χ4v) is 2.12. The molecule has 0 radical (unpaired) electrons. The molecule has 2 rings (SSSR count). The molecule has 1 saturated heterocycles. The number of carbonyl (C=O) groups is 1. The molecule has 1 aromatic heterocycles. The summed E-state index contributed by atoms with van der Waals surface area (Å²) in [4.78, 5) is 15.5. The molecule has 2 N–H and O–H groups in total. The Labute approximate surface area is 100 Å². The Hall–Kier alpha value is -1.36. The SMILES string of the molecule is CC(C)c1nc(C2CCNCC2)c(C(=O)O)o1. The van der Waals surface area contributed by atoms with Crippen LogP contribution in [0.15, 0.2) is 4.42 Å². The molecule has 0 atom stereocenters. The number of carboxylic acids is 1. The predicted octanol–water partition coefficient (Wildman–Crippen LogP) is 1.96. The van der Waals surface area contributed by atoms with Gasteiger partial charge in [-0.15, -0.1) is 0 Å². The Morgan fingerprint density at radius 1 is 1.47 bits per heavy atom.